The maximum absolute atomic E-state index is 10.5. The standard InChI is InChI=1S/C7H5IN2O4/c8-4-5-6(9(11)12)2-1-3-7(5)10(13)14/h1-3H,4H2. The largest absolute Gasteiger partial charge is 0.280 e. The quantitative estimate of drug-likeness (QED) is 0.371. The predicted octanol–water partition coefficient (Wildman–Crippen LogP) is 2.44. The van der Waals surface area contributed by atoms with Crippen LogP contribution in [0, 0.1) is 20.2 Å². The fourth-order valence-electron chi connectivity index (χ4n) is 1.04. The highest BCUT2D eigenvalue weighted by atomic mass is 127. The highest BCUT2D eigenvalue weighted by molar-refractivity contribution is 14.1. The molecule has 74 valence electrons. The van der Waals surface area contributed by atoms with E-state index in [0.717, 1.165) is 0 Å². The van der Waals surface area contributed by atoms with Crippen molar-refractivity contribution in [1.29, 1.82) is 0 Å². The van der Waals surface area contributed by atoms with Crippen molar-refractivity contribution < 1.29 is 9.85 Å². The maximum Gasteiger partial charge on any atom is 0.280 e. The summed E-state index contributed by atoms with van der Waals surface area (Å²) in [6.07, 6.45) is 0. The number of hydrogen-bond acceptors (Lipinski definition) is 4. The van der Waals surface area contributed by atoms with Gasteiger partial charge in [-0.3, -0.25) is 20.2 Å². The Morgan fingerprint density at radius 2 is 1.57 bits per heavy atom. The first kappa shape index (κ1) is 10.8. The van der Waals surface area contributed by atoms with Crippen LogP contribution >= 0.6 is 22.6 Å². The van der Waals surface area contributed by atoms with Crippen LogP contribution in [0.3, 0.4) is 0 Å². The van der Waals surface area contributed by atoms with Crippen LogP contribution < -0.4 is 0 Å². The van der Waals surface area contributed by atoms with Gasteiger partial charge >= 0.3 is 0 Å². The first-order chi connectivity index (χ1) is 6.57. The van der Waals surface area contributed by atoms with Crippen LogP contribution in [-0.4, -0.2) is 9.85 Å². The van der Waals surface area contributed by atoms with Gasteiger partial charge in [0.05, 0.1) is 9.85 Å². The molecule has 0 amide bonds. The first-order valence-corrected chi connectivity index (χ1v) is 5.07. The lowest BCUT2D eigenvalue weighted by Crippen LogP contribution is -1.98. The van der Waals surface area contributed by atoms with Crippen LogP contribution in [0.25, 0.3) is 0 Å². The molecule has 0 aliphatic carbocycles. The van der Waals surface area contributed by atoms with Gasteiger partial charge in [0.15, 0.2) is 0 Å². The van der Waals surface area contributed by atoms with Crippen LogP contribution in [0.5, 0.6) is 0 Å². The Morgan fingerprint density at radius 3 is 1.86 bits per heavy atom. The van der Waals surface area contributed by atoms with E-state index in [9.17, 15) is 20.2 Å². The predicted molar refractivity (Wildman–Crippen MR) is 57.5 cm³/mol. The molecule has 0 N–H and O–H groups in total. The van der Waals surface area contributed by atoms with E-state index >= 15 is 0 Å². The molecule has 0 saturated carbocycles. The average molecular weight is 308 g/mol. The van der Waals surface area contributed by atoms with Gasteiger partial charge in [0.1, 0.15) is 5.56 Å². The lowest BCUT2D eigenvalue weighted by atomic mass is 10.1. The van der Waals surface area contributed by atoms with Gasteiger partial charge in [-0.05, 0) is 6.07 Å². The van der Waals surface area contributed by atoms with Crippen LogP contribution in [-0.2, 0) is 4.43 Å². The van der Waals surface area contributed by atoms with Gasteiger partial charge in [-0.2, -0.15) is 0 Å². The molecule has 1 aromatic carbocycles. The Kier molecular flexibility index (Phi) is 3.33. The molecule has 0 aliphatic heterocycles. The van der Waals surface area contributed by atoms with Crippen molar-refractivity contribution in [3.63, 3.8) is 0 Å². The summed E-state index contributed by atoms with van der Waals surface area (Å²) in [5.74, 6) is 0. The molecular formula is C7H5IN2O4. The Bertz CT molecular complexity index is 361. The molecule has 6 nitrogen and oxygen atoms in total. The summed E-state index contributed by atoms with van der Waals surface area (Å²) in [5, 5.41) is 21.1. The summed E-state index contributed by atoms with van der Waals surface area (Å²) in [5.41, 5.74) is -0.245. The Hall–Kier alpha value is -1.25. The molecule has 1 rings (SSSR count). The first-order valence-electron chi connectivity index (χ1n) is 3.54. The minimum Gasteiger partial charge on any atom is -0.258 e. The zero-order valence-corrected chi connectivity index (χ0v) is 9.00. The monoisotopic (exact) mass is 308 g/mol. The van der Waals surface area contributed by atoms with Gasteiger partial charge in [0.2, 0.25) is 0 Å². The number of nitro groups is 2. The number of rotatable bonds is 3. The second-order valence-corrected chi connectivity index (χ2v) is 3.19. The van der Waals surface area contributed by atoms with Gasteiger partial charge in [0, 0.05) is 16.6 Å². The molecule has 0 saturated heterocycles. The van der Waals surface area contributed by atoms with Crippen molar-refractivity contribution in [3.05, 3.63) is 44.0 Å². The maximum atomic E-state index is 10.5. The van der Waals surface area contributed by atoms with E-state index in [4.69, 9.17) is 0 Å². The van der Waals surface area contributed by atoms with Crippen LogP contribution in [0.15, 0.2) is 18.2 Å². The molecule has 1 aromatic rings. The van der Waals surface area contributed by atoms with Gasteiger partial charge < -0.3 is 0 Å². The number of nitro benzene ring substituents is 2. The summed E-state index contributed by atoms with van der Waals surface area (Å²) in [6.45, 7) is 0. The lowest BCUT2D eigenvalue weighted by Gasteiger charge is -1.99. The van der Waals surface area contributed by atoms with Crippen molar-refractivity contribution in [2.45, 2.75) is 4.43 Å². The minimum absolute atomic E-state index is 0.156. The Labute approximate surface area is 92.4 Å². The summed E-state index contributed by atoms with van der Waals surface area (Å²) in [6, 6.07) is 3.84. The molecule has 0 radical (unpaired) electrons. The topological polar surface area (TPSA) is 86.3 Å². The smallest absolute Gasteiger partial charge is 0.258 e. The van der Waals surface area contributed by atoms with Crippen molar-refractivity contribution in [2.24, 2.45) is 0 Å². The van der Waals surface area contributed by atoms with Gasteiger partial charge in [-0.1, -0.05) is 22.6 Å². The molecular weight excluding hydrogens is 303 g/mol. The van der Waals surface area contributed by atoms with Crippen LogP contribution in [0.4, 0.5) is 11.4 Å². The van der Waals surface area contributed by atoms with Crippen LogP contribution in [0.2, 0.25) is 0 Å². The third-order valence-electron chi connectivity index (χ3n) is 1.65. The zero-order valence-electron chi connectivity index (χ0n) is 6.84. The van der Waals surface area contributed by atoms with E-state index in [1.54, 1.807) is 0 Å². The number of halogens is 1. The SMILES string of the molecule is O=[N+]([O-])c1cccc([N+](=O)[O-])c1CI. The van der Waals surface area contributed by atoms with E-state index in [2.05, 4.69) is 0 Å². The highest BCUT2D eigenvalue weighted by Crippen LogP contribution is 2.29. The van der Waals surface area contributed by atoms with E-state index < -0.39 is 9.85 Å². The van der Waals surface area contributed by atoms with Crippen molar-refractivity contribution >= 4 is 34.0 Å². The van der Waals surface area contributed by atoms with Crippen LogP contribution in [0.1, 0.15) is 5.56 Å². The molecule has 14 heavy (non-hydrogen) atoms. The van der Waals surface area contributed by atoms with E-state index in [1.165, 1.54) is 18.2 Å². The number of nitrogens with zero attached hydrogens (tertiary/aromatic N) is 2. The summed E-state index contributed by atoms with van der Waals surface area (Å²) in [7, 11) is 0. The fraction of sp³-hybridized carbons (Fsp3) is 0.143. The average Bonchev–Trinajstić information content (AvgIpc) is 2.16. The molecule has 7 heteroatoms. The van der Waals surface area contributed by atoms with Crippen molar-refractivity contribution in [3.8, 4) is 0 Å². The lowest BCUT2D eigenvalue weighted by molar-refractivity contribution is -0.395. The molecule has 0 aromatic heterocycles. The molecule has 0 aliphatic rings. The summed E-state index contributed by atoms with van der Waals surface area (Å²) < 4.78 is 0.241. The number of hydrogen-bond donors (Lipinski definition) is 0. The molecule has 0 fully saturated rings. The van der Waals surface area contributed by atoms with E-state index in [-0.39, 0.29) is 21.4 Å². The Morgan fingerprint density at radius 1 is 1.14 bits per heavy atom. The second-order valence-electron chi connectivity index (χ2n) is 2.42. The van der Waals surface area contributed by atoms with E-state index in [0.29, 0.717) is 0 Å². The normalized spacial score (nSPS) is 9.79. The molecule has 0 bridgehead atoms. The highest BCUT2D eigenvalue weighted by Gasteiger charge is 2.22. The van der Waals surface area contributed by atoms with Crippen molar-refractivity contribution in [2.75, 3.05) is 0 Å². The molecule has 0 heterocycles. The molecule has 0 unspecified atom stereocenters. The third-order valence-corrected chi connectivity index (χ3v) is 2.42. The van der Waals surface area contributed by atoms with Crippen molar-refractivity contribution in [1.82, 2.24) is 0 Å². The summed E-state index contributed by atoms with van der Waals surface area (Å²) in [4.78, 5) is 19.8. The van der Waals surface area contributed by atoms with Gasteiger partial charge in [-0.25, -0.2) is 0 Å². The summed E-state index contributed by atoms with van der Waals surface area (Å²) >= 11 is 1.86. The minimum atomic E-state index is -0.610. The molecule has 0 atom stereocenters. The van der Waals surface area contributed by atoms with Gasteiger partial charge in [-0.15, -0.1) is 0 Å². The van der Waals surface area contributed by atoms with Gasteiger partial charge in [0.25, 0.3) is 11.4 Å². The second kappa shape index (κ2) is 4.31. The fourth-order valence-corrected chi connectivity index (χ4v) is 1.82. The number of alkyl halides is 1. The Balaban J connectivity index is 3.39. The molecule has 0 spiro atoms. The van der Waals surface area contributed by atoms with E-state index in [1.807, 2.05) is 22.6 Å². The zero-order chi connectivity index (χ0) is 10.7. The number of benzene rings is 1. The third kappa shape index (κ3) is 1.97.